The largest absolute Gasteiger partial charge is 0.493 e. The Hall–Kier alpha value is -1.00. The molecule has 0 spiro atoms. The summed E-state index contributed by atoms with van der Waals surface area (Å²) in [7, 11) is 2.93. The highest BCUT2D eigenvalue weighted by atomic mass is 35.5. The molecular weight excluding hydrogens is 245 g/mol. The lowest BCUT2D eigenvalue weighted by Gasteiger charge is -2.22. The zero-order chi connectivity index (χ0) is 13.2. The van der Waals surface area contributed by atoms with Crippen molar-refractivity contribution in [3.05, 3.63) is 22.5 Å². The number of rotatable bonds is 4. The maximum Gasteiger partial charge on any atom is 0.165 e. The van der Waals surface area contributed by atoms with Crippen LogP contribution in [0.25, 0.3) is 0 Å². The van der Waals surface area contributed by atoms with Crippen LogP contribution in [-0.4, -0.2) is 19.8 Å². The van der Waals surface area contributed by atoms with Crippen LogP contribution < -0.4 is 15.2 Å². The maximum absolute atomic E-state index is 13.6. The van der Waals surface area contributed by atoms with Crippen molar-refractivity contribution in [3.63, 3.8) is 0 Å². The van der Waals surface area contributed by atoms with Crippen molar-refractivity contribution in [1.29, 1.82) is 0 Å². The van der Waals surface area contributed by atoms with Crippen LogP contribution in [0.1, 0.15) is 19.4 Å². The number of methoxy groups -OCH3 is 2. The number of nitrogens with two attached hydrogens (primary N) is 1. The Bertz CT molecular complexity index is 416. The summed E-state index contributed by atoms with van der Waals surface area (Å²) in [5, 5.41) is 0.0289. The third-order valence-corrected chi connectivity index (χ3v) is 2.70. The van der Waals surface area contributed by atoms with Gasteiger partial charge in [-0.25, -0.2) is 4.39 Å². The average molecular weight is 262 g/mol. The van der Waals surface area contributed by atoms with E-state index in [9.17, 15) is 4.39 Å². The second kappa shape index (κ2) is 5.10. The summed E-state index contributed by atoms with van der Waals surface area (Å²) in [5.74, 6) is 0.203. The lowest BCUT2D eigenvalue weighted by Crippen LogP contribution is -2.34. The smallest absolute Gasteiger partial charge is 0.165 e. The van der Waals surface area contributed by atoms with Crippen LogP contribution in [0, 0.1) is 5.82 Å². The first-order chi connectivity index (χ1) is 7.80. The van der Waals surface area contributed by atoms with Gasteiger partial charge in [-0.2, -0.15) is 0 Å². The van der Waals surface area contributed by atoms with Crippen LogP contribution in [-0.2, 0) is 6.42 Å². The van der Waals surface area contributed by atoms with Crippen molar-refractivity contribution in [2.75, 3.05) is 14.2 Å². The Morgan fingerprint density at radius 2 is 1.94 bits per heavy atom. The maximum atomic E-state index is 13.6. The van der Waals surface area contributed by atoms with Gasteiger partial charge in [0.1, 0.15) is 5.82 Å². The Labute approximate surface area is 106 Å². The molecule has 0 radical (unpaired) electrons. The minimum absolute atomic E-state index is 0.0289. The van der Waals surface area contributed by atoms with Gasteiger partial charge < -0.3 is 15.2 Å². The molecule has 2 N–H and O–H groups in total. The van der Waals surface area contributed by atoms with Gasteiger partial charge in [0, 0.05) is 17.2 Å². The fourth-order valence-corrected chi connectivity index (χ4v) is 1.83. The van der Waals surface area contributed by atoms with Gasteiger partial charge in [-0.15, -0.1) is 0 Å². The van der Waals surface area contributed by atoms with E-state index < -0.39 is 11.4 Å². The summed E-state index contributed by atoms with van der Waals surface area (Å²) in [5.41, 5.74) is 5.93. The van der Waals surface area contributed by atoms with Gasteiger partial charge in [-0.05, 0) is 20.3 Å². The number of ether oxygens (including phenoxy) is 2. The van der Waals surface area contributed by atoms with E-state index in [0.29, 0.717) is 23.5 Å². The van der Waals surface area contributed by atoms with Crippen LogP contribution in [0.15, 0.2) is 6.07 Å². The molecule has 0 aliphatic rings. The highest BCUT2D eigenvalue weighted by Gasteiger charge is 2.23. The second-order valence-corrected chi connectivity index (χ2v) is 4.93. The molecule has 1 aromatic rings. The molecule has 17 heavy (non-hydrogen) atoms. The normalized spacial score (nSPS) is 11.5. The first-order valence-electron chi connectivity index (χ1n) is 5.18. The van der Waals surface area contributed by atoms with Crippen molar-refractivity contribution in [1.82, 2.24) is 0 Å². The molecule has 1 aromatic carbocycles. The summed E-state index contributed by atoms with van der Waals surface area (Å²) >= 11 is 5.95. The molecule has 0 saturated heterocycles. The van der Waals surface area contributed by atoms with Gasteiger partial charge in [-0.3, -0.25) is 0 Å². The SMILES string of the molecule is COc1cc(F)c(Cl)c(CC(C)(C)N)c1OC. The number of hydrogen-bond acceptors (Lipinski definition) is 3. The summed E-state index contributed by atoms with van der Waals surface area (Å²) < 4.78 is 23.9. The number of hydrogen-bond donors (Lipinski definition) is 1. The van der Waals surface area contributed by atoms with Crippen LogP contribution in [0.2, 0.25) is 5.02 Å². The summed E-state index contributed by atoms with van der Waals surface area (Å²) in [6.45, 7) is 3.67. The molecule has 5 heteroatoms. The Morgan fingerprint density at radius 3 is 2.35 bits per heavy atom. The van der Waals surface area contributed by atoms with Crippen molar-refractivity contribution in [3.8, 4) is 11.5 Å². The molecule has 0 amide bonds. The highest BCUT2D eigenvalue weighted by molar-refractivity contribution is 6.31. The van der Waals surface area contributed by atoms with Crippen LogP contribution in [0.5, 0.6) is 11.5 Å². The standard InChI is InChI=1S/C12H17ClFNO2/c1-12(2,15)6-7-10(13)8(14)5-9(16-3)11(7)17-4/h5H,6,15H2,1-4H3. The van der Waals surface area contributed by atoms with Crippen molar-refractivity contribution in [2.24, 2.45) is 5.73 Å². The molecule has 0 saturated carbocycles. The summed E-state index contributed by atoms with van der Waals surface area (Å²) in [6.07, 6.45) is 0.392. The van der Waals surface area contributed by atoms with E-state index in [2.05, 4.69) is 0 Å². The quantitative estimate of drug-likeness (QED) is 0.906. The molecule has 0 aromatic heterocycles. The minimum atomic E-state index is -0.538. The van der Waals surface area contributed by atoms with E-state index in [1.807, 2.05) is 13.8 Å². The average Bonchev–Trinajstić information content (AvgIpc) is 2.22. The van der Waals surface area contributed by atoms with Gasteiger partial charge in [0.15, 0.2) is 11.5 Å². The molecule has 1 rings (SSSR count). The minimum Gasteiger partial charge on any atom is -0.493 e. The number of benzene rings is 1. The van der Waals surface area contributed by atoms with Gasteiger partial charge in [-0.1, -0.05) is 11.6 Å². The molecule has 3 nitrogen and oxygen atoms in total. The lowest BCUT2D eigenvalue weighted by atomic mass is 9.95. The third kappa shape index (κ3) is 3.23. The molecule has 0 bridgehead atoms. The summed E-state index contributed by atoms with van der Waals surface area (Å²) in [4.78, 5) is 0. The Kier molecular flexibility index (Phi) is 4.22. The molecule has 0 fully saturated rings. The van der Waals surface area contributed by atoms with Gasteiger partial charge in [0.05, 0.1) is 19.2 Å². The van der Waals surface area contributed by atoms with Crippen molar-refractivity contribution in [2.45, 2.75) is 25.8 Å². The van der Waals surface area contributed by atoms with E-state index in [1.54, 1.807) is 0 Å². The molecule has 0 aliphatic carbocycles. The molecule has 96 valence electrons. The first-order valence-corrected chi connectivity index (χ1v) is 5.55. The molecule has 0 unspecified atom stereocenters. The predicted octanol–water partition coefficient (Wildman–Crippen LogP) is 2.78. The fourth-order valence-electron chi connectivity index (χ4n) is 1.63. The Balaban J connectivity index is 3.38. The zero-order valence-electron chi connectivity index (χ0n) is 10.4. The fraction of sp³-hybridized carbons (Fsp3) is 0.500. The summed E-state index contributed by atoms with van der Waals surface area (Å²) in [6, 6.07) is 1.20. The van der Waals surface area contributed by atoms with Gasteiger partial charge in [0.2, 0.25) is 0 Å². The predicted molar refractivity (Wildman–Crippen MR) is 66.5 cm³/mol. The molecular formula is C12H17ClFNO2. The molecule has 0 heterocycles. The van der Waals surface area contributed by atoms with E-state index in [1.165, 1.54) is 20.3 Å². The third-order valence-electron chi connectivity index (χ3n) is 2.29. The van der Waals surface area contributed by atoms with Crippen LogP contribution in [0.4, 0.5) is 4.39 Å². The van der Waals surface area contributed by atoms with E-state index >= 15 is 0 Å². The van der Waals surface area contributed by atoms with E-state index in [0.717, 1.165) is 0 Å². The van der Waals surface area contributed by atoms with Crippen molar-refractivity contribution >= 4 is 11.6 Å². The molecule has 0 atom stereocenters. The Morgan fingerprint density at radius 1 is 1.35 bits per heavy atom. The zero-order valence-corrected chi connectivity index (χ0v) is 11.2. The van der Waals surface area contributed by atoms with E-state index in [4.69, 9.17) is 26.8 Å². The van der Waals surface area contributed by atoms with Crippen LogP contribution in [0.3, 0.4) is 0 Å². The lowest BCUT2D eigenvalue weighted by molar-refractivity contribution is 0.346. The highest BCUT2D eigenvalue weighted by Crippen LogP contribution is 2.39. The topological polar surface area (TPSA) is 44.5 Å². The monoisotopic (exact) mass is 261 g/mol. The second-order valence-electron chi connectivity index (χ2n) is 4.55. The number of halogens is 2. The van der Waals surface area contributed by atoms with Gasteiger partial charge >= 0.3 is 0 Å². The van der Waals surface area contributed by atoms with Gasteiger partial charge in [0.25, 0.3) is 0 Å². The van der Waals surface area contributed by atoms with Crippen molar-refractivity contribution < 1.29 is 13.9 Å². The first kappa shape index (κ1) is 14.1. The molecule has 0 aliphatic heterocycles. The van der Waals surface area contributed by atoms with Crippen LogP contribution >= 0.6 is 11.6 Å². The van der Waals surface area contributed by atoms with E-state index in [-0.39, 0.29) is 5.02 Å².